The minimum absolute atomic E-state index is 0.0737. The Bertz CT molecular complexity index is 808. The minimum atomic E-state index is -0.858. The first-order valence-electron chi connectivity index (χ1n) is 9.77. The normalized spacial score (nSPS) is 23.6. The molecule has 1 saturated heterocycles. The number of ketones is 1. The van der Waals surface area contributed by atoms with Gasteiger partial charge >= 0.3 is 0 Å². The number of nitrogens with one attached hydrogen (secondary N) is 3. The summed E-state index contributed by atoms with van der Waals surface area (Å²) in [5, 5.41) is 5.35. The van der Waals surface area contributed by atoms with Crippen molar-refractivity contribution in [2.75, 3.05) is 6.61 Å². The fraction of sp³-hybridized carbons (Fsp3) is 0.600. The topological polar surface area (TPSA) is 121 Å². The third-order valence-corrected chi connectivity index (χ3v) is 5.53. The molecule has 1 aliphatic heterocycles. The monoisotopic (exact) mass is 389 g/mol. The van der Waals surface area contributed by atoms with E-state index in [1.165, 1.54) is 18.2 Å². The zero-order valence-corrected chi connectivity index (χ0v) is 16.2. The maximum absolute atomic E-state index is 12.8. The molecule has 3 unspecified atom stereocenters. The van der Waals surface area contributed by atoms with Crippen molar-refractivity contribution in [3.8, 4) is 0 Å². The Morgan fingerprint density at radius 1 is 1.25 bits per heavy atom. The van der Waals surface area contributed by atoms with Crippen molar-refractivity contribution >= 4 is 17.6 Å². The first kappa shape index (κ1) is 20.3. The summed E-state index contributed by atoms with van der Waals surface area (Å²) < 4.78 is 5.27. The average Bonchev–Trinajstić information content (AvgIpc) is 3.20. The lowest BCUT2D eigenvalue weighted by Crippen LogP contribution is -2.53. The number of H-pyrrole nitrogens is 1. The Hall–Kier alpha value is -2.48. The molecule has 2 fully saturated rings. The maximum atomic E-state index is 12.8. The Labute approximate surface area is 163 Å². The second-order valence-electron chi connectivity index (χ2n) is 7.95. The molecule has 8 heteroatoms. The Morgan fingerprint density at radius 2 is 1.93 bits per heavy atom. The largest absolute Gasteiger partial charge is 0.361 e. The van der Waals surface area contributed by atoms with Gasteiger partial charge in [-0.3, -0.25) is 19.2 Å². The summed E-state index contributed by atoms with van der Waals surface area (Å²) in [6.07, 6.45) is 5.01. The first-order chi connectivity index (χ1) is 13.3. The highest BCUT2D eigenvalue weighted by atomic mass is 16.6. The van der Waals surface area contributed by atoms with E-state index in [0.717, 1.165) is 25.7 Å². The molecule has 1 aliphatic carbocycles. The van der Waals surface area contributed by atoms with Crippen LogP contribution < -0.4 is 16.2 Å². The number of hydrogen-bond donors (Lipinski definition) is 3. The lowest BCUT2D eigenvalue weighted by molar-refractivity contribution is -0.131. The number of carbonyl (C=O) groups excluding carboxylic acids is 3. The number of rotatable bonds is 8. The van der Waals surface area contributed by atoms with Crippen molar-refractivity contribution in [2.45, 2.75) is 63.6 Å². The van der Waals surface area contributed by atoms with Gasteiger partial charge in [0, 0.05) is 6.07 Å². The highest BCUT2D eigenvalue weighted by Gasteiger charge is 2.50. The number of pyridine rings is 1. The van der Waals surface area contributed by atoms with Crippen LogP contribution in [0.1, 0.15) is 56.4 Å². The van der Waals surface area contributed by atoms with Crippen LogP contribution >= 0.6 is 0 Å². The molecule has 2 aliphatic rings. The minimum Gasteiger partial charge on any atom is -0.361 e. The average molecular weight is 389 g/mol. The van der Waals surface area contributed by atoms with Crippen LogP contribution in [0.2, 0.25) is 0 Å². The predicted octanol–water partition coefficient (Wildman–Crippen LogP) is 0.916. The number of Topliss-reactive ketones (excluding diaryl/α,β-unsaturated/α-hetero) is 1. The van der Waals surface area contributed by atoms with E-state index in [9.17, 15) is 19.2 Å². The number of hydrogen-bond acceptors (Lipinski definition) is 5. The Kier molecular flexibility index (Phi) is 5.98. The van der Waals surface area contributed by atoms with E-state index in [2.05, 4.69) is 15.6 Å². The summed E-state index contributed by atoms with van der Waals surface area (Å²) >= 11 is 0. The van der Waals surface area contributed by atoms with Crippen molar-refractivity contribution in [1.82, 2.24) is 15.6 Å². The van der Waals surface area contributed by atoms with Crippen LogP contribution in [-0.2, 0) is 14.3 Å². The summed E-state index contributed by atoms with van der Waals surface area (Å²) in [7, 11) is 0. The van der Waals surface area contributed by atoms with Crippen LogP contribution in [0.25, 0.3) is 0 Å². The van der Waals surface area contributed by atoms with E-state index >= 15 is 0 Å². The molecule has 2 amide bonds. The molecule has 1 saturated carbocycles. The number of aromatic amines is 1. The molecular weight excluding hydrogens is 362 g/mol. The molecule has 28 heavy (non-hydrogen) atoms. The van der Waals surface area contributed by atoms with Crippen LogP contribution in [0.3, 0.4) is 0 Å². The quantitative estimate of drug-likeness (QED) is 0.571. The van der Waals surface area contributed by atoms with Crippen LogP contribution in [0.4, 0.5) is 0 Å². The third kappa shape index (κ3) is 4.86. The number of amides is 2. The molecular formula is C20H27N3O5. The summed E-state index contributed by atoms with van der Waals surface area (Å²) in [5.41, 5.74) is -1.14. The summed E-state index contributed by atoms with van der Waals surface area (Å²) in [4.78, 5) is 51.4. The number of carbonyl (C=O) groups is 3. The van der Waals surface area contributed by atoms with Gasteiger partial charge in [-0.05, 0) is 32.3 Å². The second kappa shape index (κ2) is 8.26. The molecule has 0 radical (unpaired) electrons. The van der Waals surface area contributed by atoms with E-state index < -0.39 is 35.1 Å². The second-order valence-corrected chi connectivity index (χ2v) is 7.95. The van der Waals surface area contributed by atoms with Gasteiger partial charge in [-0.1, -0.05) is 31.7 Å². The Morgan fingerprint density at radius 3 is 2.54 bits per heavy atom. The highest BCUT2D eigenvalue weighted by molar-refractivity contribution is 5.99. The number of ether oxygens (including phenoxy) is 1. The van der Waals surface area contributed by atoms with Gasteiger partial charge in [0.05, 0.1) is 12.6 Å². The fourth-order valence-electron chi connectivity index (χ4n) is 3.65. The van der Waals surface area contributed by atoms with E-state index in [1.54, 1.807) is 13.8 Å². The SMILES string of the molecule is CC(NC(=O)c1cccc(=O)[nH]1)C(=O)NC(CC1CCCC1)C(=O)C1(C)CO1. The van der Waals surface area contributed by atoms with Crippen LogP contribution in [0.15, 0.2) is 23.0 Å². The summed E-state index contributed by atoms with van der Waals surface area (Å²) in [6.45, 7) is 3.65. The van der Waals surface area contributed by atoms with Gasteiger partial charge in [-0.25, -0.2) is 0 Å². The standard InChI is InChI=1S/C20H27N3O5/c1-12(21-19(27)14-8-5-9-16(24)22-14)18(26)23-15(10-13-6-3-4-7-13)17(25)20(2)11-28-20/h5,8-9,12-13,15H,3-4,6-7,10-11H2,1-2H3,(H,21,27)(H,22,24)(H,23,26). The molecule has 2 heterocycles. The first-order valence-corrected chi connectivity index (χ1v) is 9.77. The molecule has 0 spiro atoms. The van der Waals surface area contributed by atoms with E-state index in [4.69, 9.17) is 4.74 Å². The molecule has 0 bridgehead atoms. The van der Waals surface area contributed by atoms with Gasteiger partial charge in [0.15, 0.2) is 5.78 Å². The molecule has 3 rings (SSSR count). The Balaban J connectivity index is 1.62. The predicted molar refractivity (Wildman–Crippen MR) is 102 cm³/mol. The van der Waals surface area contributed by atoms with Crippen LogP contribution in [-0.4, -0.2) is 46.9 Å². The van der Waals surface area contributed by atoms with Gasteiger partial charge in [-0.2, -0.15) is 0 Å². The van der Waals surface area contributed by atoms with Crippen molar-refractivity contribution < 1.29 is 19.1 Å². The molecule has 3 atom stereocenters. The van der Waals surface area contributed by atoms with E-state index in [-0.39, 0.29) is 11.5 Å². The van der Waals surface area contributed by atoms with Gasteiger partial charge in [0.1, 0.15) is 17.3 Å². The van der Waals surface area contributed by atoms with Crippen molar-refractivity contribution in [3.05, 3.63) is 34.2 Å². The van der Waals surface area contributed by atoms with Gasteiger partial charge in [0.25, 0.3) is 5.91 Å². The van der Waals surface area contributed by atoms with Gasteiger partial charge in [0.2, 0.25) is 11.5 Å². The van der Waals surface area contributed by atoms with E-state index in [1.807, 2.05) is 0 Å². The zero-order chi connectivity index (χ0) is 20.3. The summed E-state index contributed by atoms with van der Waals surface area (Å²) in [6, 6.07) is 2.73. The smallest absolute Gasteiger partial charge is 0.268 e. The summed E-state index contributed by atoms with van der Waals surface area (Å²) in [5.74, 6) is -0.696. The van der Waals surface area contributed by atoms with E-state index in [0.29, 0.717) is 18.9 Å². The van der Waals surface area contributed by atoms with Gasteiger partial charge in [-0.15, -0.1) is 0 Å². The molecule has 152 valence electrons. The molecule has 8 nitrogen and oxygen atoms in total. The fourth-order valence-corrected chi connectivity index (χ4v) is 3.65. The molecule has 3 N–H and O–H groups in total. The number of aromatic nitrogens is 1. The van der Waals surface area contributed by atoms with Crippen molar-refractivity contribution in [1.29, 1.82) is 0 Å². The lowest BCUT2D eigenvalue weighted by atomic mass is 9.91. The lowest BCUT2D eigenvalue weighted by Gasteiger charge is -2.24. The van der Waals surface area contributed by atoms with Crippen LogP contribution in [0, 0.1) is 5.92 Å². The number of epoxide rings is 1. The zero-order valence-electron chi connectivity index (χ0n) is 16.2. The maximum Gasteiger partial charge on any atom is 0.268 e. The molecule has 0 aromatic carbocycles. The molecule has 1 aromatic rings. The van der Waals surface area contributed by atoms with Crippen LogP contribution in [0.5, 0.6) is 0 Å². The molecule has 1 aromatic heterocycles. The van der Waals surface area contributed by atoms with Crippen molar-refractivity contribution in [2.24, 2.45) is 5.92 Å². The highest BCUT2D eigenvalue weighted by Crippen LogP contribution is 2.33. The van der Waals surface area contributed by atoms with Gasteiger partial charge < -0.3 is 20.4 Å². The van der Waals surface area contributed by atoms with Crippen molar-refractivity contribution in [3.63, 3.8) is 0 Å². The third-order valence-electron chi connectivity index (χ3n) is 5.53.